The second kappa shape index (κ2) is 11.0. The van der Waals surface area contributed by atoms with Crippen LogP contribution in [0.1, 0.15) is 21.7 Å². The summed E-state index contributed by atoms with van der Waals surface area (Å²) in [4.78, 5) is 41.3. The van der Waals surface area contributed by atoms with Crippen LogP contribution >= 0.6 is 0 Å². The van der Waals surface area contributed by atoms with Gasteiger partial charge in [0, 0.05) is 25.2 Å². The summed E-state index contributed by atoms with van der Waals surface area (Å²) in [5.74, 6) is -1.87. The predicted molar refractivity (Wildman–Crippen MR) is 123 cm³/mol. The van der Waals surface area contributed by atoms with Gasteiger partial charge < -0.3 is 23.7 Å². The largest absolute Gasteiger partial charge is 0.497 e. The number of hydrogen-bond donors (Lipinski definition) is 0. The van der Waals surface area contributed by atoms with Crippen LogP contribution in [-0.4, -0.2) is 60.2 Å². The Hall–Kier alpha value is -3.98. The highest BCUT2D eigenvalue weighted by Gasteiger charge is 2.34. The summed E-state index contributed by atoms with van der Waals surface area (Å²) in [6.07, 6.45) is 0.651. The number of furan rings is 1. The molecule has 3 aromatic rings. The van der Waals surface area contributed by atoms with Gasteiger partial charge in [-0.2, -0.15) is 0 Å². The van der Waals surface area contributed by atoms with Crippen LogP contribution in [0.3, 0.4) is 0 Å². The van der Waals surface area contributed by atoms with Crippen molar-refractivity contribution >= 4 is 17.6 Å². The maximum absolute atomic E-state index is 14.1. The van der Waals surface area contributed by atoms with Gasteiger partial charge in [-0.3, -0.25) is 14.4 Å². The molecule has 0 spiro atoms. The molecule has 35 heavy (non-hydrogen) atoms. The number of ketones is 1. The molecule has 2 aromatic carbocycles. The zero-order valence-electron chi connectivity index (χ0n) is 19.2. The number of carbonyl (C=O) groups is 3. The fourth-order valence-electron chi connectivity index (χ4n) is 3.82. The molecule has 1 unspecified atom stereocenters. The summed E-state index contributed by atoms with van der Waals surface area (Å²) < 4.78 is 30.3. The maximum Gasteiger partial charge on any atom is 0.298 e. The minimum Gasteiger partial charge on any atom is -0.497 e. The van der Waals surface area contributed by atoms with Crippen molar-refractivity contribution in [1.82, 2.24) is 9.80 Å². The number of amides is 2. The van der Waals surface area contributed by atoms with Crippen LogP contribution in [0.5, 0.6) is 5.75 Å². The van der Waals surface area contributed by atoms with E-state index in [0.717, 1.165) is 10.5 Å². The van der Waals surface area contributed by atoms with Gasteiger partial charge in [-0.05, 0) is 35.9 Å². The van der Waals surface area contributed by atoms with Gasteiger partial charge in [-0.15, -0.1) is 0 Å². The van der Waals surface area contributed by atoms with E-state index in [2.05, 4.69) is 0 Å². The smallest absolute Gasteiger partial charge is 0.298 e. The Morgan fingerprint density at radius 2 is 1.83 bits per heavy atom. The third-order valence-corrected chi connectivity index (χ3v) is 5.72. The summed E-state index contributed by atoms with van der Waals surface area (Å²) in [6.45, 7) is 0.0935. The average molecular weight is 480 g/mol. The molecule has 0 saturated carbocycles. The Morgan fingerprint density at radius 1 is 1.06 bits per heavy atom. The van der Waals surface area contributed by atoms with Crippen molar-refractivity contribution in [1.29, 1.82) is 0 Å². The molecule has 182 valence electrons. The standard InChI is InChI=1S/C26H25FN2O6/c1-33-20-10-8-18(9-11-20)13-28-14-21(35-17-19-5-2-3-6-22(19)27)15-29(16-24(28)30)26(32)25(31)23-7-4-12-34-23/h2-12,21H,13-17H2,1H3. The molecule has 1 saturated heterocycles. The van der Waals surface area contributed by atoms with E-state index in [1.807, 2.05) is 12.1 Å². The van der Waals surface area contributed by atoms with Crippen LogP contribution < -0.4 is 4.74 Å². The quantitative estimate of drug-likeness (QED) is 0.364. The number of methoxy groups -OCH3 is 1. The summed E-state index contributed by atoms with van der Waals surface area (Å²) in [6, 6.07) is 16.4. The molecule has 4 rings (SSSR count). The lowest BCUT2D eigenvalue weighted by Gasteiger charge is -2.25. The summed E-state index contributed by atoms with van der Waals surface area (Å²) in [7, 11) is 1.57. The minimum absolute atomic E-state index is 0.00934. The van der Waals surface area contributed by atoms with E-state index in [4.69, 9.17) is 13.9 Å². The first-order valence-electron chi connectivity index (χ1n) is 11.1. The van der Waals surface area contributed by atoms with E-state index < -0.39 is 23.6 Å². The topological polar surface area (TPSA) is 89.3 Å². The van der Waals surface area contributed by atoms with Crippen LogP contribution in [0.25, 0.3) is 0 Å². The van der Waals surface area contributed by atoms with Crippen LogP contribution in [0.4, 0.5) is 4.39 Å². The number of hydrogen-bond acceptors (Lipinski definition) is 6. The number of carbonyl (C=O) groups excluding carboxylic acids is 3. The van der Waals surface area contributed by atoms with Crippen molar-refractivity contribution in [2.45, 2.75) is 19.3 Å². The average Bonchev–Trinajstić information content (AvgIpc) is 3.36. The fraction of sp³-hybridized carbons (Fsp3) is 0.269. The minimum atomic E-state index is -0.862. The van der Waals surface area contributed by atoms with Gasteiger partial charge in [-0.25, -0.2) is 4.39 Å². The first kappa shape index (κ1) is 24.2. The lowest BCUT2D eigenvalue weighted by molar-refractivity contribution is -0.136. The van der Waals surface area contributed by atoms with Crippen molar-refractivity contribution in [2.75, 3.05) is 26.7 Å². The number of benzene rings is 2. The van der Waals surface area contributed by atoms with Gasteiger partial charge in [0.05, 0.1) is 26.1 Å². The maximum atomic E-state index is 14.1. The predicted octanol–water partition coefficient (Wildman–Crippen LogP) is 3.07. The summed E-state index contributed by atoms with van der Waals surface area (Å²) >= 11 is 0. The van der Waals surface area contributed by atoms with Gasteiger partial charge >= 0.3 is 0 Å². The Labute approximate surface area is 201 Å². The van der Waals surface area contributed by atoms with Crippen molar-refractivity contribution in [3.05, 3.63) is 89.6 Å². The molecule has 1 atom stereocenters. The van der Waals surface area contributed by atoms with Crippen molar-refractivity contribution in [3.63, 3.8) is 0 Å². The first-order valence-corrected chi connectivity index (χ1v) is 11.1. The number of ether oxygens (including phenoxy) is 2. The molecule has 1 aromatic heterocycles. The van der Waals surface area contributed by atoms with Crippen LogP contribution in [0, 0.1) is 5.82 Å². The van der Waals surface area contributed by atoms with E-state index in [-0.39, 0.29) is 44.5 Å². The van der Waals surface area contributed by atoms with Crippen LogP contribution in [-0.2, 0) is 27.5 Å². The second-order valence-corrected chi connectivity index (χ2v) is 8.14. The number of rotatable bonds is 8. The molecule has 0 radical (unpaired) electrons. The lowest BCUT2D eigenvalue weighted by Crippen LogP contribution is -2.43. The monoisotopic (exact) mass is 480 g/mol. The van der Waals surface area contributed by atoms with E-state index >= 15 is 0 Å². The molecule has 0 aliphatic carbocycles. The van der Waals surface area contributed by atoms with Crippen molar-refractivity contribution in [3.8, 4) is 5.75 Å². The molecule has 2 amide bonds. The van der Waals surface area contributed by atoms with Gasteiger partial charge in [0.25, 0.3) is 11.7 Å². The van der Waals surface area contributed by atoms with E-state index in [1.54, 1.807) is 42.3 Å². The molecule has 9 heteroatoms. The first-order chi connectivity index (χ1) is 16.9. The molecule has 0 bridgehead atoms. The highest BCUT2D eigenvalue weighted by Crippen LogP contribution is 2.18. The Balaban J connectivity index is 1.53. The Morgan fingerprint density at radius 3 is 2.51 bits per heavy atom. The number of halogens is 1. The normalized spacial score (nSPS) is 16.2. The molecule has 8 nitrogen and oxygen atoms in total. The van der Waals surface area contributed by atoms with Gasteiger partial charge in [0.2, 0.25) is 5.91 Å². The van der Waals surface area contributed by atoms with E-state index in [9.17, 15) is 18.8 Å². The third-order valence-electron chi connectivity index (χ3n) is 5.72. The van der Waals surface area contributed by atoms with E-state index in [1.165, 1.54) is 24.5 Å². The lowest BCUT2D eigenvalue weighted by atomic mass is 10.2. The zero-order chi connectivity index (χ0) is 24.8. The highest BCUT2D eigenvalue weighted by atomic mass is 19.1. The summed E-state index contributed by atoms with van der Waals surface area (Å²) in [5, 5.41) is 0. The fourth-order valence-corrected chi connectivity index (χ4v) is 3.82. The Bertz CT molecular complexity index is 1180. The number of nitrogens with zero attached hydrogens (tertiary/aromatic N) is 2. The molecular formula is C26H25FN2O6. The van der Waals surface area contributed by atoms with Gasteiger partial charge in [0.15, 0.2) is 5.76 Å². The third kappa shape index (κ3) is 5.93. The van der Waals surface area contributed by atoms with Crippen molar-refractivity contribution < 1.29 is 32.7 Å². The molecular weight excluding hydrogens is 455 g/mol. The van der Waals surface area contributed by atoms with Crippen LogP contribution in [0.15, 0.2) is 71.3 Å². The second-order valence-electron chi connectivity index (χ2n) is 8.14. The molecule has 1 aliphatic rings. The van der Waals surface area contributed by atoms with Crippen LogP contribution in [0.2, 0.25) is 0 Å². The summed E-state index contributed by atoms with van der Waals surface area (Å²) in [5.41, 5.74) is 1.22. The highest BCUT2D eigenvalue weighted by molar-refractivity contribution is 6.42. The molecule has 1 aliphatic heterocycles. The van der Waals surface area contributed by atoms with Crippen molar-refractivity contribution in [2.24, 2.45) is 0 Å². The molecule has 0 N–H and O–H groups in total. The van der Waals surface area contributed by atoms with E-state index in [0.29, 0.717) is 11.3 Å². The van der Waals surface area contributed by atoms with Gasteiger partial charge in [0.1, 0.15) is 18.1 Å². The Kier molecular flexibility index (Phi) is 7.57. The number of Topliss-reactive ketones (excluding diaryl/α,β-unsaturated/α-hetero) is 1. The zero-order valence-corrected chi connectivity index (χ0v) is 19.2. The molecule has 2 heterocycles. The SMILES string of the molecule is COc1ccc(CN2CC(OCc3ccccc3F)CN(C(=O)C(=O)c3ccco3)CC2=O)cc1. The molecule has 1 fully saturated rings. The van der Waals surface area contributed by atoms with Gasteiger partial charge in [-0.1, -0.05) is 30.3 Å².